The summed E-state index contributed by atoms with van der Waals surface area (Å²) < 4.78 is 0. The fourth-order valence-corrected chi connectivity index (χ4v) is 0.877. The summed E-state index contributed by atoms with van der Waals surface area (Å²) in [6, 6.07) is 7.04. The van der Waals surface area contributed by atoms with Crippen molar-refractivity contribution < 1.29 is 0 Å². The van der Waals surface area contributed by atoms with Crippen molar-refractivity contribution in [3.63, 3.8) is 0 Å². The van der Waals surface area contributed by atoms with Gasteiger partial charge in [0, 0.05) is 0 Å². The van der Waals surface area contributed by atoms with Gasteiger partial charge in [-0.1, -0.05) is 0 Å². The first-order valence-corrected chi connectivity index (χ1v) is 4.37. The van der Waals surface area contributed by atoms with E-state index >= 15 is 0 Å². The molecule has 0 heterocycles. The average Bonchev–Trinajstić information content (AvgIpc) is 2.25. The maximum Gasteiger partial charge on any atom is 0.208 e. The van der Waals surface area contributed by atoms with Gasteiger partial charge in [-0.15, -0.1) is 10.2 Å². The Kier molecular flexibility index (Phi) is 3.78. The molecule has 0 aromatic heterocycles. The van der Waals surface area contributed by atoms with Crippen molar-refractivity contribution in [1.29, 1.82) is 0 Å². The van der Waals surface area contributed by atoms with Crippen molar-refractivity contribution in [1.82, 2.24) is 0 Å². The van der Waals surface area contributed by atoms with Crippen molar-refractivity contribution in [3.8, 4) is 0 Å². The van der Waals surface area contributed by atoms with E-state index in [2.05, 4.69) is 21.1 Å². The number of benzene rings is 1. The summed E-state index contributed by atoms with van der Waals surface area (Å²) >= 11 is 0. The predicted octanol–water partition coefficient (Wildman–Crippen LogP) is -1.11. The molecule has 86 valence electrons. The molecule has 0 saturated heterocycles. The molecule has 1 aromatic carbocycles. The predicted molar refractivity (Wildman–Crippen MR) is 65.3 cm³/mol. The Hall–Kier alpha value is -2.64. The zero-order valence-electron chi connectivity index (χ0n) is 8.51. The van der Waals surface area contributed by atoms with Gasteiger partial charge in [-0.2, -0.15) is 0 Å². The van der Waals surface area contributed by atoms with Gasteiger partial charge in [-0.25, -0.2) is 0 Å². The van der Waals surface area contributed by atoms with Crippen LogP contribution in [-0.4, -0.2) is 11.9 Å². The summed E-state index contributed by atoms with van der Waals surface area (Å²) in [6.07, 6.45) is 0. The number of rotatable bonds is 4. The number of nitrogens with two attached hydrogens (primary N) is 4. The van der Waals surface area contributed by atoms with Gasteiger partial charge in [0.25, 0.3) is 0 Å². The summed E-state index contributed by atoms with van der Waals surface area (Å²) in [5.41, 5.74) is 27.4. The first kappa shape index (κ1) is 11.4. The molecule has 0 atom stereocenters. The van der Waals surface area contributed by atoms with Gasteiger partial charge in [0.2, 0.25) is 11.9 Å². The number of nitrogens with zero attached hydrogens (tertiary/aromatic N) is 2. The van der Waals surface area contributed by atoms with Gasteiger partial charge in [-0.05, 0) is 24.3 Å². The van der Waals surface area contributed by atoms with Crippen LogP contribution in [0.4, 0.5) is 11.4 Å². The molecule has 0 amide bonds. The minimum absolute atomic E-state index is 0.0392. The van der Waals surface area contributed by atoms with Crippen LogP contribution >= 0.6 is 0 Å². The van der Waals surface area contributed by atoms with Crippen LogP contribution in [-0.2, 0) is 0 Å². The van der Waals surface area contributed by atoms with Crippen LogP contribution in [0.1, 0.15) is 0 Å². The third-order valence-electron chi connectivity index (χ3n) is 1.51. The molecule has 10 N–H and O–H groups in total. The lowest BCUT2D eigenvalue weighted by Crippen LogP contribution is -2.24. The Bertz CT molecular complexity index is 346. The molecule has 1 aromatic rings. The van der Waals surface area contributed by atoms with Gasteiger partial charge in [-0.3, -0.25) is 10.9 Å². The molecule has 0 bridgehead atoms. The second kappa shape index (κ2) is 5.29. The third kappa shape index (κ3) is 4.05. The molecular formula is C8H14N8. The maximum absolute atomic E-state index is 5.16. The van der Waals surface area contributed by atoms with Crippen LogP contribution < -0.4 is 33.8 Å². The highest BCUT2D eigenvalue weighted by Crippen LogP contribution is 2.13. The van der Waals surface area contributed by atoms with E-state index < -0.39 is 0 Å². The smallest absolute Gasteiger partial charge is 0.208 e. The fraction of sp³-hybridized carbons (Fsp3) is 0. The third-order valence-corrected chi connectivity index (χ3v) is 1.51. The summed E-state index contributed by atoms with van der Waals surface area (Å²) in [6.45, 7) is 0. The SMILES string of the molecule is NC(N)=NNc1ccc(NN=C(N)N)cc1. The standard InChI is InChI=1S/C8H14N8/c9-7(10)15-13-5-1-2-6(4-3-5)14-16-8(11)12/h1-4,13-14H,(H4,9,10,15)(H4,11,12,16). The fourth-order valence-electron chi connectivity index (χ4n) is 0.877. The topological polar surface area (TPSA) is 153 Å². The second-order valence-electron chi connectivity index (χ2n) is 2.87. The zero-order chi connectivity index (χ0) is 12.0. The Morgan fingerprint density at radius 2 is 1.06 bits per heavy atom. The first-order valence-electron chi connectivity index (χ1n) is 4.37. The monoisotopic (exact) mass is 222 g/mol. The Morgan fingerprint density at radius 3 is 1.31 bits per heavy atom. The average molecular weight is 222 g/mol. The molecule has 8 heteroatoms. The van der Waals surface area contributed by atoms with E-state index in [9.17, 15) is 0 Å². The Balaban J connectivity index is 2.61. The number of hydrazone groups is 2. The van der Waals surface area contributed by atoms with E-state index in [4.69, 9.17) is 22.9 Å². The second-order valence-corrected chi connectivity index (χ2v) is 2.87. The summed E-state index contributed by atoms with van der Waals surface area (Å²) in [4.78, 5) is 0. The molecule has 0 spiro atoms. The van der Waals surface area contributed by atoms with E-state index in [1.54, 1.807) is 24.3 Å². The molecule has 0 aliphatic rings. The van der Waals surface area contributed by atoms with Crippen molar-refractivity contribution in [2.75, 3.05) is 10.9 Å². The minimum atomic E-state index is -0.0392. The van der Waals surface area contributed by atoms with Gasteiger partial charge in [0.15, 0.2) is 0 Å². The molecule has 0 radical (unpaired) electrons. The lowest BCUT2D eigenvalue weighted by molar-refractivity contribution is 1.27. The highest BCUT2D eigenvalue weighted by atomic mass is 15.3. The van der Waals surface area contributed by atoms with Crippen LogP contribution in [0.2, 0.25) is 0 Å². The molecule has 16 heavy (non-hydrogen) atoms. The molecule has 0 aliphatic carbocycles. The summed E-state index contributed by atoms with van der Waals surface area (Å²) in [5.74, 6) is -0.0783. The first-order chi connectivity index (χ1) is 7.58. The van der Waals surface area contributed by atoms with Crippen LogP contribution in [0.15, 0.2) is 34.5 Å². The number of anilines is 2. The number of nitrogens with one attached hydrogen (secondary N) is 2. The molecule has 0 unspecified atom stereocenters. The summed E-state index contributed by atoms with van der Waals surface area (Å²) in [7, 11) is 0. The van der Waals surface area contributed by atoms with Gasteiger partial charge >= 0.3 is 0 Å². The largest absolute Gasteiger partial charge is 0.369 e. The van der Waals surface area contributed by atoms with Crippen molar-refractivity contribution in [2.45, 2.75) is 0 Å². The molecule has 0 aliphatic heterocycles. The maximum atomic E-state index is 5.16. The number of hydrogen-bond acceptors (Lipinski definition) is 4. The Morgan fingerprint density at radius 1 is 0.750 bits per heavy atom. The normalized spacial score (nSPS) is 9.00. The summed E-state index contributed by atoms with van der Waals surface area (Å²) in [5, 5.41) is 7.27. The van der Waals surface area contributed by atoms with Gasteiger partial charge < -0.3 is 22.9 Å². The van der Waals surface area contributed by atoms with E-state index in [1.165, 1.54) is 0 Å². The van der Waals surface area contributed by atoms with Crippen molar-refractivity contribution >= 4 is 23.3 Å². The van der Waals surface area contributed by atoms with Gasteiger partial charge in [0.1, 0.15) is 0 Å². The van der Waals surface area contributed by atoms with E-state index in [1.807, 2.05) is 0 Å². The highest BCUT2D eigenvalue weighted by molar-refractivity contribution is 5.77. The number of guanidine groups is 2. The van der Waals surface area contributed by atoms with Crippen LogP contribution in [0, 0.1) is 0 Å². The molecule has 0 saturated carbocycles. The Labute approximate surface area is 92.4 Å². The highest BCUT2D eigenvalue weighted by Gasteiger charge is 1.92. The van der Waals surface area contributed by atoms with Crippen molar-refractivity contribution in [2.24, 2.45) is 33.1 Å². The molecular weight excluding hydrogens is 208 g/mol. The van der Waals surface area contributed by atoms with Crippen LogP contribution in [0.25, 0.3) is 0 Å². The van der Waals surface area contributed by atoms with Crippen LogP contribution in [0.3, 0.4) is 0 Å². The minimum Gasteiger partial charge on any atom is -0.369 e. The van der Waals surface area contributed by atoms with Crippen molar-refractivity contribution in [3.05, 3.63) is 24.3 Å². The van der Waals surface area contributed by atoms with E-state index in [0.717, 1.165) is 11.4 Å². The van der Waals surface area contributed by atoms with Crippen LogP contribution in [0.5, 0.6) is 0 Å². The molecule has 8 nitrogen and oxygen atoms in total. The molecule has 1 rings (SSSR count). The lowest BCUT2D eigenvalue weighted by atomic mass is 10.3. The zero-order valence-corrected chi connectivity index (χ0v) is 8.51. The van der Waals surface area contributed by atoms with Gasteiger partial charge in [0.05, 0.1) is 11.4 Å². The quantitative estimate of drug-likeness (QED) is 0.216. The van der Waals surface area contributed by atoms with E-state index in [-0.39, 0.29) is 11.9 Å². The number of hydrogen-bond donors (Lipinski definition) is 6. The molecule has 0 fully saturated rings. The lowest BCUT2D eigenvalue weighted by Gasteiger charge is -2.03. The van der Waals surface area contributed by atoms with E-state index in [0.29, 0.717) is 0 Å².